The Labute approximate surface area is 198 Å². The van der Waals surface area contributed by atoms with Gasteiger partial charge in [0.15, 0.2) is 0 Å². The largest absolute Gasteiger partial charge is 0.317 e. The molecule has 186 valence electrons. The SMILES string of the molecule is CCCCCC(CC1CCC(NC)C(C)C1)C(CCCCC)C(C)CC(CC)CCC. The summed E-state index contributed by atoms with van der Waals surface area (Å²) >= 11 is 0. The molecular weight excluding hydrogens is 374 g/mol. The molecule has 1 nitrogen and oxygen atoms in total. The fraction of sp³-hybridized carbons (Fsp3) is 1.00. The van der Waals surface area contributed by atoms with E-state index in [0.29, 0.717) is 0 Å². The second kappa shape index (κ2) is 17.4. The van der Waals surface area contributed by atoms with Crippen molar-refractivity contribution >= 4 is 0 Å². The summed E-state index contributed by atoms with van der Waals surface area (Å²) in [5.41, 5.74) is 0. The van der Waals surface area contributed by atoms with Crippen molar-refractivity contribution in [1.29, 1.82) is 0 Å². The highest BCUT2D eigenvalue weighted by molar-refractivity contribution is 4.85. The Hall–Kier alpha value is -0.0400. The highest BCUT2D eigenvalue weighted by Crippen LogP contribution is 2.42. The third-order valence-corrected chi connectivity index (χ3v) is 8.92. The highest BCUT2D eigenvalue weighted by Gasteiger charge is 2.32. The molecule has 0 amide bonds. The normalized spacial score (nSPS) is 25.8. The summed E-state index contributed by atoms with van der Waals surface area (Å²) in [5, 5.41) is 3.58. The summed E-state index contributed by atoms with van der Waals surface area (Å²) < 4.78 is 0. The molecule has 0 saturated heterocycles. The molecule has 1 saturated carbocycles. The first-order chi connectivity index (χ1) is 15.0. The fourth-order valence-corrected chi connectivity index (χ4v) is 6.95. The molecule has 0 heterocycles. The van der Waals surface area contributed by atoms with Crippen LogP contribution in [0.5, 0.6) is 0 Å². The van der Waals surface area contributed by atoms with E-state index in [0.717, 1.165) is 41.5 Å². The molecule has 0 aromatic heterocycles. The maximum atomic E-state index is 3.58. The predicted molar refractivity (Wildman–Crippen MR) is 142 cm³/mol. The molecule has 0 bridgehead atoms. The van der Waals surface area contributed by atoms with Gasteiger partial charge in [0.25, 0.3) is 0 Å². The maximum Gasteiger partial charge on any atom is 0.00898 e. The first kappa shape index (κ1) is 29.0. The first-order valence-corrected chi connectivity index (χ1v) is 14.7. The van der Waals surface area contributed by atoms with E-state index < -0.39 is 0 Å². The molecule has 1 heteroatoms. The smallest absolute Gasteiger partial charge is 0.00898 e. The van der Waals surface area contributed by atoms with Crippen LogP contribution in [0.3, 0.4) is 0 Å². The van der Waals surface area contributed by atoms with Crippen molar-refractivity contribution in [2.45, 2.75) is 150 Å². The average Bonchev–Trinajstić information content (AvgIpc) is 2.76. The van der Waals surface area contributed by atoms with Gasteiger partial charge in [-0.05, 0) is 81.1 Å². The lowest BCUT2D eigenvalue weighted by Gasteiger charge is -2.39. The first-order valence-electron chi connectivity index (χ1n) is 14.7. The van der Waals surface area contributed by atoms with Crippen molar-refractivity contribution in [3.8, 4) is 0 Å². The van der Waals surface area contributed by atoms with E-state index in [-0.39, 0.29) is 0 Å². The van der Waals surface area contributed by atoms with Gasteiger partial charge in [0.05, 0.1) is 0 Å². The second-order valence-corrected chi connectivity index (χ2v) is 11.5. The summed E-state index contributed by atoms with van der Waals surface area (Å²) in [6.07, 6.45) is 23.0. The molecular formula is C30H61N. The van der Waals surface area contributed by atoms with Crippen LogP contribution in [-0.2, 0) is 0 Å². The fourth-order valence-electron chi connectivity index (χ4n) is 6.95. The van der Waals surface area contributed by atoms with Gasteiger partial charge in [-0.25, -0.2) is 0 Å². The molecule has 7 unspecified atom stereocenters. The van der Waals surface area contributed by atoms with Gasteiger partial charge in [-0.15, -0.1) is 0 Å². The number of nitrogens with one attached hydrogen (secondary N) is 1. The van der Waals surface area contributed by atoms with Gasteiger partial charge in [-0.1, -0.05) is 106 Å². The van der Waals surface area contributed by atoms with E-state index in [1.54, 1.807) is 0 Å². The van der Waals surface area contributed by atoms with Crippen molar-refractivity contribution in [3.63, 3.8) is 0 Å². The highest BCUT2D eigenvalue weighted by atomic mass is 14.9. The second-order valence-electron chi connectivity index (χ2n) is 11.5. The molecule has 31 heavy (non-hydrogen) atoms. The van der Waals surface area contributed by atoms with Crippen molar-refractivity contribution in [1.82, 2.24) is 5.32 Å². The number of hydrogen-bond acceptors (Lipinski definition) is 1. The Kier molecular flexibility index (Phi) is 16.3. The topological polar surface area (TPSA) is 12.0 Å². The van der Waals surface area contributed by atoms with Crippen LogP contribution in [0.25, 0.3) is 0 Å². The monoisotopic (exact) mass is 435 g/mol. The lowest BCUT2D eigenvalue weighted by molar-refractivity contribution is 0.122. The molecule has 1 aliphatic rings. The van der Waals surface area contributed by atoms with Crippen molar-refractivity contribution in [3.05, 3.63) is 0 Å². The Morgan fingerprint density at radius 1 is 0.839 bits per heavy atom. The van der Waals surface area contributed by atoms with Crippen LogP contribution in [0.15, 0.2) is 0 Å². The minimum absolute atomic E-state index is 0.758. The van der Waals surface area contributed by atoms with Gasteiger partial charge in [-0.3, -0.25) is 0 Å². The quantitative estimate of drug-likeness (QED) is 0.211. The van der Waals surface area contributed by atoms with Gasteiger partial charge >= 0.3 is 0 Å². The molecule has 0 spiro atoms. The summed E-state index contributed by atoms with van der Waals surface area (Å²) in [4.78, 5) is 0. The molecule has 0 aromatic rings. The Morgan fingerprint density at radius 2 is 1.52 bits per heavy atom. The molecule has 7 atom stereocenters. The Morgan fingerprint density at radius 3 is 2.06 bits per heavy atom. The minimum Gasteiger partial charge on any atom is -0.317 e. The molecule has 0 radical (unpaired) electrons. The molecule has 0 aliphatic heterocycles. The van der Waals surface area contributed by atoms with Crippen LogP contribution in [-0.4, -0.2) is 13.1 Å². The van der Waals surface area contributed by atoms with Crippen LogP contribution in [0.2, 0.25) is 0 Å². The van der Waals surface area contributed by atoms with Gasteiger partial charge in [0.1, 0.15) is 0 Å². The third-order valence-electron chi connectivity index (χ3n) is 8.92. The lowest BCUT2D eigenvalue weighted by atomic mass is 9.67. The summed E-state index contributed by atoms with van der Waals surface area (Å²) in [7, 11) is 2.17. The van der Waals surface area contributed by atoms with E-state index in [1.165, 1.54) is 103 Å². The van der Waals surface area contributed by atoms with Gasteiger partial charge < -0.3 is 5.32 Å². The Balaban J connectivity index is 2.89. The van der Waals surface area contributed by atoms with E-state index in [4.69, 9.17) is 0 Å². The number of rotatable bonds is 18. The molecule has 1 rings (SSSR count). The van der Waals surface area contributed by atoms with E-state index in [1.807, 2.05) is 0 Å². The zero-order valence-corrected chi connectivity index (χ0v) is 22.9. The third kappa shape index (κ3) is 11.1. The predicted octanol–water partition coefficient (Wildman–Crippen LogP) is 9.65. The van der Waals surface area contributed by atoms with Gasteiger partial charge in [0, 0.05) is 6.04 Å². The average molecular weight is 436 g/mol. The van der Waals surface area contributed by atoms with Gasteiger partial charge in [0.2, 0.25) is 0 Å². The maximum absolute atomic E-state index is 3.58. The van der Waals surface area contributed by atoms with Crippen LogP contribution in [0.1, 0.15) is 144 Å². The number of hydrogen-bond donors (Lipinski definition) is 1. The van der Waals surface area contributed by atoms with Crippen molar-refractivity contribution < 1.29 is 0 Å². The van der Waals surface area contributed by atoms with Crippen LogP contribution >= 0.6 is 0 Å². The molecule has 0 aromatic carbocycles. The Bertz CT molecular complexity index is 405. The van der Waals surface area contributed by atoms with Crippen molar-refractivity contribution in [2.24, 2.45) is 35.5 Å². The summed E-state index contributed by atoms with van der Waals surface area (Å²) in [6.45, 7) is 14.7. The molecule has 1 N–H and O–H groups in total. The van der Waals surface area contributed by atoms with Crippen LogP contribution in [0.4, 0.5) is 0 Å². The van der Waals surface area contributed by atoms with E-state index in [9.17, 15) is 0 Å². The summed E-state index contributed by atoms with van der Waals surface area (Å²) in [6, 6.07) is 0.758. The molecule has 1 fully saturated rings. The van der Waals surface area contributed by atoms with E-state index >= 15 is 0 Å². The number of unbranched alkanes of at least 4 members (excludes halogenated alkanes) is 4. The standard InChI is InChI=1S/C30H61N/c1-8-12-14-17-28(23-27-19-20-30(31-7)25(6)22-27)29(18-15-13-9-2)24(5)21-26(11-4)16-10-3/h24-31H,8-23H2,1-7H3. The summed E-state index contributed by atoms with van der Waals surface area (Å²) in [5.74, 6) is 5.63. The van der Waals surface area contributed by atoms with Crippen LogP contribution in [0, 0.1) is 35.5 Å². The minimum atomic E-state index is 0.758. The lowest BCUT2D eigenvalue weighted by Crippen LogP contribution is -2.38. The van der Waals surface area contributed by atoms with Crippen LogP contribution < -0.4 is 5.32 Å². The van der Waals surface area contributed by atoms with Gasteiger partial charge in [-0.2, -0.15) is 0 Å². The zero-order valence-electron chi connectivity index (χ0n) is 22.9. The zero-order chi connectivity index (χ0) is 23.1. The van der Waals surface area contributed by atoms with E-state index in [2.05, 4.69) is 53.9 Å². The van der Waals surface area contributed by atoms with Crippen molar-refractivity contribution in [2.75, 3.05) is 7.05 Å². The molecule has 1 aliphatic carbocycles.